The minimum atomic E-state index is -0.147. The first-order chi connectivity index (χ1) is 9.65. The summed E-state index contributed by atoms with van der Waals surface area (Å²) in [6.45, 7) is 4.21. The Labute approximate surface area is 121 Å². The molecule has 1 aliphatic carbocycles. The molecule has 2 saturated heterocycles. The largest absolute Gasteiger partial charge is 0.331 e. The SMILES string of the molecule is CC1CCCC(CN2CC(=O)N3CCCCC3C2=O)C1. The van der Waals surface area contributed by atoms with Crippen LogP contribution >= 0.6 is 0 Å². The number of hydrogen-bond donors (Lipinski definition) is 0. The van der Waals surface area contributed by atoms with Gasteiger partial charge in [-0.25, -0.2) is 0 Å². The molecule has 0 N–H and O–H groups in total. The van der Waals surface area contributed by atoms with Crippen LogP contribution in [0.4, 0.5) is 0 Å². The first-order valence-electron chi connectivity index (χ1n) is 8.23. The Morgan fingerprint density at radius 2 is 1.95 bits per heavy atom. The molecule has 112 valence electrons. The molecule has 0 aromatic carbocycles. The number of piperidine rings is 1. The zero-order valence-corrected chi connectivity index (χ0v) is 12.5. The second-order valence-electron chi connectivity index (χ2n) is 6.96. The Balaban J connectivity index is 1.64. The van der Waals surface area contributed by atoms with Crippen molar-refractivity contribution in [2.45, 2.75) is 57.9 Å². The van der Waals surface area contributed by atoms with Gasteiger partial charge in [-0.3, -0.25) is 9.59 Å². The van der Waals surface area contributed by atoms with E-state index in [4.69, 9.17) is 0 Å². The molecule has 4 nitrogen and oxygen atoms in total. The van der Waals surface area contributed by atoms with Gasteiger partial charge in [0.05, 0.1) is 6.54 Å². The summed E-state index contributed by atoms with van der Waals surface area (Å²) in [6, 6.07) is -0.147. The first kappa shape index (κ1) is 13.9. The second-order valence-corrected chi connectivity index (χ2v) is 6.96. The van der Waals surface area contributed by atoms with Crippen molar-refractivity contribution >= 4 is 11.8 Å². The van der Waals surface area contributed by atoms with Crippen molar-refractivity contribution in [3.05, 3.63) is 0 Å². The minimum Gasteiger partial charge on any atom is -0.331 e. The Bertz CT molecular complexity index is 396. The summed E-state index contributed by atoms with van der Waals surface area (Å²) in [5.41, 5.74) is 0. The lowest BCUT2D eigenvalue weighted by Gasteiger charge is -2.44. The van der Waals surface area contributed by atoms with E-state index in [1.165, 1.54) is 25.7 Å². The van der Waals surface area contributed by atoms with Crippen LogP contribution in [0.3, 0.4) is 0 Å². The van der Waals surface area contributed by atoms with E-state index in [9.17, 15) is 9.59 Å². The van der Waals surface area contributed by atoms with E-state index in [1.807, 2.05) is 9.80 Å². The van der Waals surface area contributed by atoms with Crippen molar-refractivity contribution < 1.29 is 9.59 Å². The van der Waals surface area contributed by atoms with E-state index in [-0.39, 0.29) is 17.9 Å². The molecular formula is C16H26N2O2. The Kier molecular flexibility index (Phi) is 3.99. The summed E-state index contributed by atoms with van der Waals surface area (Å²) in [6.07, 6.45) is 8.02. The molecule has 4 heteroatoms. The normalized spacial score (nSPS) is 35.1. The number of piperazine rings is 1. The maximum atomic E-state index is 12.6. The van der Waals surface area contributed by atoms with Crippen molar-refractivity contribution in [2.24, 2.45) is 11.8 Å². The fourth-order valence-electron chi connectivity index (χ4n) is 4.22. The van der Waals surface area contributed by atoms with Gasteiger partial charge in [0, 0.05) is 13.1 Å². The van der Waals surface area contributed by atoms with Crippen LogP contribution in [-0.2, 0) is 9.59 Å². The van der Waals surface area contributed by atoms with Crippen LogP contribution in [0, 0.1) is 11.8 Å². The molecule has 2 amide bonds. The quantitative estimate of drug-likeness (QED) is 0.775. The lowest BCUT2D eigenvalue weighted by Crippen LogP contribution is -2.61. The summed E-state index contributed by atoms with van der Waals surface area (Å²) in [5.74, 6) is 1.75. The molecule has 3 unspecified atom stereocenters. The van der Waals surface area contributed by atoms with Gasteiger partial charge < -0.3 is 9.80 Å². The number of carbonyl (C=O) groups is 2. The van der Waals surface area contributed by atoms with Gasteiger partial charge in [0.15, 0.2) is 0 Å². The van der Waals surface area contributed by atoms with Crippen molar-refractivity contribution in [2.75, 3.05) is 19.6 Å². The van der Waals surface area contributed by atoms with E-state index in [0.29, 0.717) is 12.5 Å². The van der Waals surface area contributed by atoms with Crippen LogP contribution in [0.25, 0.3) is 0 Å². The third-order valence-electron chi connectivity index (χ3n) is 5.27. The zero-order chi connectivity index (χ0) is 14.1. The number of amides is 2. The lowest BCUT2D eigenvalue weighted by molar-refractivity contribution is -0.158. The van der Waals surface area contributed by atoms with E-state index in [2.05, 4.69) is 6.92 Å². The van der Waals surface area contributed by atoms with Gasteiger partial charge >= 0.3 is 0 Å². The van der Waals surface area contributed by atoms with Crippen LogP contribution in [-0.4, -0.2) is 47.3 Å². The van der Waals surface area contributed by atoms with Gasteiger partial charge in [-0.15, -0.1) is 0 Å². The maximum absolute atomic E-state index is 12.6. The predicted octanol–water partition coefficient (Wildman–Crippen LogP) is 2.04. The van der Waals surface area contributed by atoms with Crippen LogP contribution in [0.15, 0.2) is 0 Å². The van der Waals surface area contributed by atoms with Gasteiger partial charge in [0.2, 0.25) is 11.8 Å². The molecule has 2 aliphatic heterocycles. The standard InChI is InChI=1S/C16H26N2O2/c1-12-5-4-6-13(9-12)10-17-11-15(19)18-8-3-2-7-14(18)16(17)20/h12-14H,2-11H2,1H3. The van der Waals surface area contributed by atoms with Gasteiger partial charge in [-0.2, -0.15) is 0 Å². The molecule has 0 aromatic heterocycles. The second kappa shape index (κ2) is 5.74. The fourth-order valence-corrected chi connectivity index (χ4v) is 4.22. The molecule has 3 fully saturated rings. The van der Waals surface area contributed by atoms with Crippen LogP contribution in [0.2, 0.25) is 0 Å². The van der Waals surface area contributed by atoms with E-state index in [0.717, 1.165) is 38.3 Å². The van der Waals surface area contributed by atoms with E-state index >= 15 is 0 Å². The molecule has 20 heavy (non-hydrogen) atoms. The van der Waals surface area contributed by atoms with Crippen molar-refractivity contribution in [1.82, 2.24) is 9.80 Å². The van der Waals surface area contributed by atoms with Gasteiger partial charge in [0.1, 0.15) is 6.04 Å². The van der Waals surface area contributed by atoms with Crippen LogP contribution < -0.4 is 0 Å². The van der Waals surface area contributed by atoms with Crippen LogP contribution in [0.5, 0.6) is 0 Å². The molecule has 0 spiro atoms. The molecular weight excluding hydrogens is 252 g/mol. The number of rotatable bonds is 2. The topological polar surface area (TPSA) is 40.6 Å². The van der Waals surface area contributed by atoms with Crippen molar-refractivity contribution in [3.63, 3.8) is 0 Å². The summed E-state index contributed by atoms with van der Waals surface area (Å²) in [4.78, 5) is 28.5. The molecule has 0 bridgehead atoms. The Morgan fingerprint density at radius 1 is 1.10 bits per heavy atom. The summed E-state index contributed by atoms with van der Waals surface area (Å²) < 4.78 is 0. The van der Waals surface area contributed by atoms with Gasteiger partial charge in [-0.1, -0.05) is 19.8 Å². The Morgan fingerprint density at radius 3 is 2.75 bits per heavy atom. The highest BCUT2D eigenvalue weighted by Crippen LogP contribution is 2.30. The van der Waals surface area contributed by atoms with Crippen LogP contribution in [0.1, 0.15) is 51.9 Å². The Hall–Kier alpha value is -1.06. The molecule has 0 radical (unpaired) electrons. The lowest BCUT2D eigenvalue weighted by atomic mass is 9.82. The first-order valence-corrected chi connectivity index (χ1v) is 8.23. The fraction of sp³-hybridized carbons (Fsp3) is 0.875. The zero-order valence-electron chi connectivity index (χ0n) is 12.5. The summed E-state index contributed by atoms with van der Waals surface area (Å²) in [5, 5.41) is 0. The summed E-state index contributed by atoms with van der Waals surface area (Å²) in [7, 11) is 0. The third kappa shape index (κ3) is 2.70. The smallest absolute Gasteiger partial charge is 0.245 e. The highest BCUT2D eigenvalue weighted by atomic mass is 16.2. The highest BCUT2D eigenvalue weighted by molar-refractivity contribution is 5.95. The molecule has 3 atom stereocenters. The molecule has 3 rings (SSSR count). The van der Waals surface area contributed by atoms with Crippen molar-refractivity contribution in [3.8, 4) is 0 Å². The molecule has 3 aliphatic rings. The highest BCUT2D eigenvalue weighted by Gasteiger charge is 2.40. The van der Waals surface area contributed by atoms with Gasteiger partial charge in [-0.05, 0) is 43.9 Å². The number of carbonyl (C=O) groups excluding carboxylic acids is 2. The minimum absolute atomic E-state index is 0.147. The number of nitrogens with zero attached hydrogens (tertiary/aromatic N) is 2. The average molecular weight is 278 g/mol. The summed E-state index contributed by atoms with van der Waals surface area (Å²) >= 11 is 0. The number of hydrogen-bond acceptors (Lipinski definition) is 2. The van der Waals surface area contributed by atoms with Gasteiger partial charge in [0.25, 0.3) is 0 Å². The number of fused-ring (bicyclic) bond motifs is 1. The van der Waals surface area contributed by atoms with E-state index < -0.39 is 0 Å². The molecule has 2 heterocycles. The third-order valence-corrected chi connectivity index (χ3v) is 5.27. The average Bonchev–Trinajstić information content (AvgIpc) is 2.45. The van der Waals surface area contributed by atoms with E-state index in [1.54, 1.807) is 0 Å². The molecule has 0 aromatic rings. The molecule has 1 saturated carbocycles. The van der Waals surface area contributed by atoms with Crippen molar-refractivity contribution in [1.29, 1.82) is 0 Å². The predicted molar refractivity (Wildman–Crippen MR) is 77.1 cm³/mol. The monoisotopic (exact) mass is 278 g/mol. The maximum Gasteiger partial charge on any atom is 0.245 e.